The molecule has 94 valence electrons. The molecule has 2 aromatic rings. The predicted octanol–water partition coefficient (Wildman–Crippen LogP) is 3.91. The van der Waals surface area contributed by atoms with Crippen LogP contribution in [0.15, 0.2) is 47.5 Å². The number of aryl methyl sites for hydroxylation is 1. The summed E-state index contributed by atoms with van der Waals surface area (Å²) in [6.45, 7) is 4.26. The van der Waals surface area contributed by atoms with Gasteiger partial charge in [0.2, 0.25) is 0 Å². The zero-order valence-electron chi connectivity index (χ0n) is 10.9. The summed E-state index contributed by atoms with van der Waals surface area (Å²) in [5.41, 5.74) is 4.67. The van der Waals surface area contributed by atoms with Crippen molar-refractivity contribution >= 4 is 0 Å². The lowest BCUT2D eigenvalue weighted by atomic mass is 9.93. The van der Waals surface area contributed by atoms with Crippen LogP contribution in [0.25, 0.3) is 11.1 Å². The van der Waals surface area contributed by atoms with E-state index in [9.17, 15) is 0 Å². The number of methoxy groups -OCH3 is 1. The molecule has 0 aliphatic carbocycles. The van der Waals surface area contributed by atoms with E-state index in [0.29, 0.717) is 5.92 Å². The van der Waals surface area contributed by atoms with Crippen LogP contribution in [0.1, 0.15) is 24.0 Å². The first-order valence-electron chi connectivity index (χ1n) is 5.92. The van der Waals surface area contributed by atoms with Gasteiger partial charge in [0.05, 0.1) is 19.6 Å². The van der Waals surface area contributed by atoms with Gasteiger partial charge in [-0.25, -0.2) is 0 Å². The van der Waals surface area contributed by atoms with Gasteiger partial charge in [0.1, 0.15) is 6.26 Å². The lowest BCUT2D eigenvalue weighted by molar-refractivity contribution is 0.336. The van der Waals surface area contributed by atoms with Gasteiger partial charge < -0.3 is 9.26 Å². The molecule has 0 spiro atoms. The quantitative estimate of drug-likeness (QED) is 0.763. The normalized spacial score (nSPS) is 12.8. The number of benzene rings is 1. The van der Waals surface area contributed by atoms with Crippen molar-refractivity contribution in [2.75, 3.05) is 7.11 Å². The lowest BCUT2D eigenvalue weighted by Gasteiger charge is -2.12. The third-order valence-electron chi connectivity index (χ3n) is 3.04. The van der Waals surface area contributed by atoms with Crippen molar-refractivity contribution in [2.24, 2.45) is 0 Å². The Labute approximate surface area is 107 Å². The molecule has 0 aliphatic rings. The van der Waals surface area contributed by atoms with E-state index in [0.717, 1.165) is 11.1 Å². The molecule has 1 heterocycles. The third-order valence-corrected chi connectivity index (χ3v) is 3.04. The van der Waals surface area contributed by atoms with Crippen molar-refractivity contribution in [3.05, 3.63) is 54.1 Å². The Bertz CT molecular complexity index is 529. The Balaban J connectivity index is 2.35. The van der Waals surface area contributed by atoms with Gasteiger partial charge in [0.25, 0.3) is 0 Å². The minimum absolute atomic E-state index is 0.310. The first kappa shape index (κ1) is 12.4. The van der Waals surface area contributed by atoms with Crippen molar-refractivity contribution in [1.82, 2.24) is 5.16 Å². The summed E-state index contributed by atoms with van der Waals surface area (Å²) in [6.07, 6.45) is 7.14. The molecule has 0 aliphatic heterocycles. The van der Waals surface area contributed by atoms with Gasteiger partial charge in [-0.05, 0) is 29.7 Å². The topological polar surface area (TPSA) is 35.3 Å². The van der Waals surface area contributed by atoms with Gasteiger partial charge in [0, 0.05) is 11.5 Å². The number of ether oxygens (including phenoxy) is 1. The molecule has 3 nitrogen and oxygen atoms in total. The monoisotopic (exact) mass is 243 g/mol. The Morgan fingerprint density at radius 3 is 2.83 bits per heavy atom. The summed E-state index contributed by atoms with van der Waals surface area (Å²) in [6, 6.07) is 6.37. The van der Waals surface area contributed by atoms with Crippen LogP contribution in [0.5, 0.6) is 0 Å². The van der Waals surface area contributed by atoms with Gasteiger partial charge in [-0.1, -0.05) is 30.3 Å². The van der Waals surface area contributed by atoms with E-state index in [4.69, 9.17) is 9.26 Å². The average molecular weight is 243 g/mol. The smallest absolute Gasteiger partial charge is 0.131 e. The Kier molecular flexibility index (Phi) is 3.82. The fraction of sp³-hybridized carbons (Fsp3) is 0.267. The lowest BCUT2D eigenvalue weighted by Crippen LogP contribution is -1.94. The predicted molar refractivity (Wildman–Crippen MR) is 71.2 cm³/mol. The van der Waals surface area contributed by atoms with Gasteiger partial charge in [-0.2, -0.15) is 0 Å². The largest absolute Gasteiger partial charge is 0.505 e. The molecule has 3 heteroatoms. The van der Waals surface area contributed by atoms with Crippen LogP contribution in [-0.2, 0) is 4.74 Å². The molecule has 0 bridgehead atoms. The van der Waals surface area contributed by atoms with Crippen molar-refractivity contribution < 1.29 is 9.26 Å². The zero-order valence-corrected chi connectivity index (χ0v) is 10.9. The summed E-state index contributed by atoms with van der Waals surface area (Å²) in [7, 11) is 1.66. The molecule has 0 saturated carbocycles. The number of rotatable bonds is 4. The van der Waals surface area contributed by atoms with Crippen molar-refractivity contribution in [3.8, 4) is 11.1 Å². The molecule has 1 aromatic carbocycles. The summed E-state index contributed by atoms with van der Waals surface area (Å²) < 4.78 is 9.85. The van der Waals surface area contributed by atoms with E-state index in [1.54, 1.807) is 25.8 Å². The summed E-state index contributed by atoms with van der Waals surface area (Å²) in [5.74, 6) is 0.310. The van der Waals surface area contributed by atoms with E-state index >= 15 is 0 Å². The average Bonchev–Trinajstić information content (AvgIpc) is 2.90. The SMILES string of the molecule is CO/C=C\C(C)c1cc(-c2cnoc2)ccc1C. The van der Waals surface area contributed by atoms with Gasteiger partial charge in [-0.3, -0.25) is 0 Å². The fourth-order valence-corrected chi connectivity index (χ4v) is 1.96. The van der Waals surface area contributed by atoms with Crippen LogP contribution < -0.4 is 0 Å². The van der Waals surface area contributed by atoms with Gasteiger partial charge in [0.15, 0.2) is 0 Å². The summed E-state index contributed by atoms with van der Waals surface area (Å²) in [4.78, 5) is 0. The second-order valence-electron chi connectivity index (χ2n) is 4.34. The minimum Gasteiger partial charge on any atom is -0.505 e. The zero-order chi connectivity index (χ0) is 13.0. The van der Waals surface area contributed by atoms with E-state index in [1.807, 2.05) is 6.08 Å². The van der Waals surface area contributed by atoms with Crippen LogP contribution in [0.4, 0.5) is 0 Å². The maximum Gasteiger partial charge on any atom is 0.131 e. The molecule has 1 aromatic heterocycles. The van der Waals surface area contributed by atoms with E-state index < -0.39 is 0 Å². The van der Waals surface area contributed by atoms with Crippen LogP contribution in [0.3, 0.4) is 0 Å². The molecule has 0 amide bonds. The highest BCUT2D eigenvalue weighted by atomic mass is 16.5. The Morgan fingerprint density at radius 1 is 1.33 bits per heavy atom. The molecule has 0 radical (unpaired) electrons. The molecule has 1 atom stereocenters. The molecule has 2 rings (SSSR count). The first-order valence-corrected chi connectivity index (χ1v) is 5.92. The molecule has 18 heavy (non-hydrogen) atoms. The highest BCUT2D eigenvalue weighted by Gasteiger charge is 2.08. The Morgan fingerprint density at radius 2 is 2.17 bits per heavy atom. The number of aromatic nitrogens is 1. The maximum atomic E-state index is 4.97. The van der Waals surface area contributed by atoms with Crippen LogP contribution in [0.2, 0.25) is 0 Å². The highest BCUT2D eigenvalue weighted by Crippen LogP contribution is 2.27. The number of nitrogens with zero attached hydrogens (tertiary/aromatic N) is 1. The van der Waals surface area contributed by atoms with E-state index in [-0.39, 0.29) is 0 Å². The molecule has 0 N–H and O–H groups in total. The Hall–Kier alpha value is -2.03. The van der Waals surface area contributed by atoms with Crippen LogP contribution in [-0.4, -0.2) is 12.3 Å². The van der Waals surface area contributed by atoms with Crippen molar-refractivity contribution in [2.45, 2.75) is 19.8 Å². The van der Waals surface area contributed by atoms with Gasteiger partial charge >= 0.3 is 0 Å². The molecular formula is C15H17NO2. The fourth-order valence-electron chi connectivity index (χ4n) is 1.96. The van der Waals surface area contributed by atoms with Crippen molar-refractivity contribution in [1.29, 1.82) is 0 Å². The number of hydrogen-bond acceptors (Lipinski definition) is 3. The van der Waals surface area contributed by atoms with Crippen LogP contribution in [0, 0.1) is 6.92 Å². The third kappa shape index (κ3) is 2.62. The summed E-state index contributed by atoms with van der Waals surface area (Å²) >= 11 is 0. The standard InChI is InChI=1S/C15H17NO2/c1-11-4-5-13(14-9-16-18-10-14)8-15(11)12(2)6-7-17-3/h4-10,12H,1-3H3/b7-6-. The second-order valence-corrected chi connectivity index (χ2v) is 4.34. The molecule has 0 saturated heterocycles. The molecule has 0 fully saturated rings. The maximum absolute atomic E-state index is 4.97. The van der Waals surface area contributed by atoms with Crippen LogP contribution >= 0.6 is 0 Å². The van der Waals surface area contributed by atoms with Crippen molar-refractivity contribution in [3.63, 3.8) is 0 Å². The first-order chi connectivity index (χ1) is 8.72. The second kappa shape index (κ2) is 5.54. The van der Waals surface area contributed by atoms with E-state index in [2.05, 4.69) is 37.2 Å². The summed E-state index contributed by atoms with van der Waals surface area (Å²) in [5, 5.41) is 3.74. The minimum atomic E-state index is 0.310. The number of hydrogen-bond donors (Lipinski definition) is 0. The highest BCUT2D eigenvalue weighted by molar-refractivity contribution is 5.63. The van der Waals surface area contributed by atoms with Gasteiger partial charge in [-0.15, -0.1) is 0 Å². The van der Waals surface area contributed by atoms with E-state index in [1.165, 1.54) is 11.1 Å². The number of allylic oxidation sites excluding steroid dienone is 1. The molecular weight excluding hydrogens is 226 g/mol. The molecule has 1 unspecified atom stereocenters.